The maximum Gasteiger partial charge on any atom is 0.407 e. The highest BCUT2D eigenvalue weighted by Crippen LogP contribution is 2.34. The predicted molar refractivity (Wildman–Crippen MR) is 93.0 cm³/mol. The molecule has 24 heavy (non-hydrogen) atoms. The standard InChI is InChI=1S/C17H21Cl2NO4/c1-17(2,3)15-8-20(16(22)23)7-11(14(9-21)24-15)10-4-5-12(18)13(19)6-10/h4-6,9,11,14-15H,7-8H2,1-3H3,(H,22,23)/t11-,14-,15+/m1/s1. The van der Waals surface area contributed by atoms with E-state index in [-0.39, 0.29) is 18.5 Å². The highest BCUT2D eigenvalue weighted by Gasteiger charge is 2.39. The fourth-order valence-corrected chi connectivity index (χ4v) is 3.05. The fraction of sp³-hybridized carbons (Fsp3) is 0.529. The van der Waals surface area contributed by atoms with Crippen LogP contribution in [0.1, 0.15) is 32.3 Å². The Hall–Kier alpha value is -1.30. The lowest BCUT2D eigenvalue weighted by atomic mass is 9.88. The molecule has 5 nitrogen and oxygen atoms in total. The molecule has 0 saturated carbocycles. The van der Waals surface area contributed by atoms with Gasteiger partial charge in [-0.2, -0.15) is 0 Å². The van der Waals surface area contributed by atoms with Gasteiger partial charge in [0.15, 0.2) is 0 Å². The summed E-state index contributed by atoms with van der Waals surface area (Å²) in [6.45, 7) is 6.24. The Morgan fingerprint density at radius 3 is 2.46 bits per heavy atom. The number of hydrogen-bond acceptors (Lipinski definition) is 3. The minimum atomic E-state index is -1.04. The third-order valence-corrected chi connectivity index (χ3v) is 5.00. The molecule has 1 aromatic rings. The Labute approximate surface area is 151 Å². The van der Waals surface area contributed by atoms with Crippen molar-refractivity contribution in [3.63, 3.8) is 0 Å². The quantitative estimate of drug-likeness (QED) is 0.793. The van der Waals surface area contributed by atoms with Gasteiger partial charge in [-0.25, -0.2) is 4.79 Å². The first kappa shape index (κ1) is 19.0. The molecule has 1 heterocycles. The van der Waals surface area contributed by atoms with Crippen molar-refractivity contribution < 1.29 is 19.4 Å². The van der Waals surface area contributed by atoms with E-state index in [9.17, 15) is 14.7 Å². The van der Waals surface area contributed by atoms with Crippen molar-refractivity contribution in [2.75, 3.05) is 13.1 Å². The summed E-state index contributed by atoms with van der Waals surface area (Å²) in [4.78, 5) is 24.6. The average Bonchev–Trinajstić information content (AvgIpc) is 2.69. The number of hydrogen-bond donors (Lipinski definition) is 1. The number of benzene rings is 1. The number of carboxylic acid groups (broad SMARTS) is 1. The molecule has 0 unspecified atom stereocenters. The van der Waals surface area contributed by atoms with Crippen LogP contribution in [0.2, 0.25) is 10.0 Å². The summed E-state index contributed by atoms with van der Waals surface area (Å²) in [5.74, 6) is -0.444. The van der Waals surface area contributed by atoms with Crippen LogP contribution in [-0.4, -0.2) is 47.7 Å². The van der Waals surface area contributed by atoms with Gasteiger partial charge in [0.1, 0.15) is 12.4 Å². The molecular weight excluding hydrogens is 353 g/mol. The van der Waals surface area contributed by atoms with Gasteiger partial charge in [0, 0.05) is 12.5 Å². The van der Waals surface area contributed by atoms with Crippen LogP contribution in [0.25, 0.3) is 0 Å². The first-order chi connectivity index (χ1) is 11.1. The smallest absolute Gasteiger partial charge is 0.407 e. The average molecular weight is 374 g/mol. The zero-order chi connectivity index (χ0) is 18.1. The summed E-state index contributed by atoms with van der Waals surface area (Å²) in [5.41, 5.74) is 0.420. The van der Waals surface area contributed by atoms with Gasteiger partial charge in [0.05, 0.1) is 22.7 Å². The Kier molecular flexibility index (Phi) is 5.78. The van der Waals surface area contributed by atoms with Crippen molar-refractivity contribution in [2.45, 2.75) is 38.9 Å². The van der Waals surface area contributed by atoms with E-state index in [1.807, 2.05) is 20.8 Å². The first-order valence-electron chi connectivity index (χ1n) is 7.67. The molecule has 1 aliphatic rings. The SMILES string of the molecule is CC(C)(C)[C@@H]1CN(C(=O)O)C[C@H](c2ccc(Cl)c(Cl)c2)[C@@H](C=O)O1. The van der Waals surface area contributed by atoms with Gasteiger partial charge in [-0.05, 0) is 23.1 Å². The molecule has 0 aliphatic carbocycles. The highest BCUT2D eigenvalue weighted by atomic mass is 35.5. The van der Waals surface area contributed by atoms with Crippen molar-refractivity contribution in [3.8, 4) is 0 Å². The third-order valence-electron chi connectivity index (χ3n) is 4.26. The lowest BCUT2D eigenvalue weighted by Crippen LogP contribution is -2.42. The van der Waals surface area contributed by atoms with E-state index in [0.717, 1.165) is 11.8 Å². The van der Waals surface area contributed by atoms with E-state index in [0.29, 0.717) is 10.0 Å². The minimum Gasteiger partial charge on any atom is -0.465 e. The molecule has 1 N–H and O–H groups in total. The molecule has 1 aromatic carbocycles. The van der Waals surface area contributed by atoms with Crippen molar-refractivity contribution >= 4 is 35.6 Å². The van der Waals surface area contributed by atoms with E-state index >= 15 is 0 Å². The van der Waals surface area contributed by atoms with E-state index in [4.69, 9.17) is 27.9 Å². The molecule has 7 heteroatoms. The monoisotopic (exact) mass is 373 g/mol. The van der Waals surface area contributed by atoms with E-state index in [2.05, 4.69) is 0 Å². The molecule has 2 rings (SSSR count). The van der Waals surface area contributed by atoms with Gasteiger partial charge in [-0.3, -0.25) is 0 Å². The predicted octanol–water partition coefficient (Wildman–Crippen LogP) is 4.07. The van der Waals surface area contributed by atoms with Gasteiger partial charge in [-0.1, -0.05) is 50.0 Å². The number of halogens is 2. The van der Waals surface area contributed by atoms with E-state index in [1.165, 1.54) is 4.90 Å². The fourth-order valence-electron chi connectivity index (χ4n) is 2.74. The second-order valence-corrected chi connectivity index (χ2v) is 7.87. The highest BCUT2D eigenvalue weighted by molar-refractivity contribution is 6.42. The minimum absolute atomic E-state index is 0.156. The van der Waals surface area contributed by atoms with E-state index in [1.54, 1.807) is 18.2 Å². The van der Waals surface area contributed by atoms with Crippen LogP contribution in [0.3, 0.4) is 0 Å². The molecule has 3 atom stereocenters. The molecule has 1 amide bonds. The lowest BCUT2D eigenvalue weighted by molar-refractivity contribution is -0.127. The number of rotatable bonds is 2. The van der Waals surface area contributed by atoms with Gasteiger partial charge in [0.2, 0.25) is 0 Å². The number of amides is 1. The summed E-state index contributed by atoms with van der Waals surface area (Å²) in [5, 5.41) is 10.3. The van der Waals surface area contributed by atoms with Crippen LogP contribution in [0.4, 0.5) is 4.79 Å². The van der Waals surface area contributed by atoms with Crippen molar-refractivity contribution in [2.24, 2.45) is 5.41 Å². The number of ether oxygens (including phenoxy) is 1. The Balaban J connectivity index is 2.42. The van der Waals surface area contributed by atoms with Crippen LogP contribution in [-0.2, 0) is 9.53 Å². The summed E-state index contributed by atoms with van der Waals surface area (Å²) >= 11 is 12.0. The van der Waals surface area contributed by atoms with Crippen molar-refractivity contribution in [1.29, 1.82) is 0 Å². The molecule has 0 bridgehead atoms. The second-order valence-electron chi connectivity index (χ2n) is 7.06. The number of nitrogens with zero attached hydrogens (tertiary/aromatic N) is 1. The first-order valence-corrected chi connectivity index (χ1v) is 8.42. The lowest BCUT2D eigenvalue weighted by Gasteiger charge is -2.32. The third kappa shape index (κ3) is 4.21. The van der Waals surface area contributed by atoms with Crippen LogP contribution in [0.15, 0.2) is 18.2 Å². The zero-order valence-electron chi connectivity index (χ0n) is 13.8. The van der Waals surface area contributed by atoms with Gasteiger partial charge in [0.25, 0.3) is 0 Å². The van der Waals surface area contributed by atoms with Crippen molar-refractivity contribution in [1.82, 2.24) is 4.90 Å². The maximum absolute atomic E-state index is 11.6. The molecule has 0 aromatic heterocycles. The van der Waals surface area contributed by atoms with Gasteiger partial charge in [-0.15, -0.1) is 0 Å². The van der Waals surface area contributed by atoms with Crippen LogP contribution < -0.4 is 0 Å². The number of aldehydes is 1. The molecule has 1 fully saturated rings. The van der Waals surface area contributed by atoms with Crippen LogP contribution in [0.5, 0.6) is 0 Å². The molecule has 0 radical (unpaired) electrons. The Morgan fingerprint density at radius 2 is 1.96 bits per heavy atom. The van der Waals surface area contributed by atoms with Crippen LogP contribution in [0, 0.1) is 5.41 Å². The normalized spacial score (nSPS) is 25.2. The van der Waals surface area contributed by atoms with E-state index < -0.39 is 24.2 Å². The molecule has 1 aliphatic heterocycles. The molecule has 1 saturated heterocycles. The zero-order valence-corrected chi connectivity index (χ0v) is 15.3. The summed E-state index contributed by atoms with van der Waals surface area (Å²) in [7, 11) is 0. The topological polar surface area (TPSA) is 66.8 Å². The molecular formula is C17H21Cl2NO4. The Morgan fingerprint density at radius 1 is 1.29 bits per heavy atom. The summed E-state index contributed by atoms with van der Waals surface area (Å²) in [6, 6.07) is 5.04. The largest absolute Gasteiger partial charge is 0.465 e. The second kappa shape index (κ2) is 7.30. The van der Waals surface area contributed by atoms with Crippen molar-refractivity contribution in [3.05, 3.63) is 33.8 Å². The molecule has 132 valence electrons. The summed E-state index contributed by atoms with van der Waals surface area (Å²) < 4.78 is 5.99. The molecule has 0 spiro atoms. The van der Waals surface area contributed by atoms with Crippen LogP contribution >= 0.6 is 23.2 Å². The van der Waals surface area contributed by atoms with Gasteiger partial charge < -0.3 is 19.5 Å². The maximum atomic E-state index is 11.6. The van der Waals surface area contributed by atoms with Gasteiger partial charge >= 0.3 is 6.09 Å². The number of carbonyl (C=O) groups excluding carboxylic acids is 1. The number of carbonyl (C=O) groups is 2. The Bertz CT molecular complexity index is 630. The summed E-state index contributed by atoms with van der Waals surface area (Å²) in [6.07, 6.45) is -1.45.